The first-order valence-corrected chi connectivity index (χ1v) is 5.39. The van der Waals surface area contributed by atoms with E-state index in [0.717, 1.165) is 22.9 Å². The number of carbonyl (C=O) groups is 1. The van der Waals surface area contributed by atoms with Gasteiger partial charge in [0.1, 0.15) is 12.3 Å². The van der Waals surface area contributed by atoms with Crippen molar-refractivity contribution in [3.8, 4) is 0 Å². The Kier molecular flexibility index (Phi) is 2.99. The lowest BCUT2D eigenvalue weighted by molar-refractivity contribution is -0.111. The summed E-state index contributed by atoms with van der Waals surface area (Å²) in [5, 5.41) is 10.7. The van der Waals surface area contributed by atoms with E-state index in [1.54, 1.807) is 10.6 Å². The average molecular weight is 238 g/mol. The van der Waals surface area contributed by atoms with Crippen molar-refractivity contribution in [2.24, 2.45) is 0 Å². The van der Waals surface area contributed by atoms with Gasteiger partial charge in [0, 0.05) is 11.1 Å². The summed E-state index contributed by atoms with van der Waals surface area (Å²) in [5.41, 5.74) is 1.71. The Morgan fingerprint density at radius 3 is 2.94 bits per heavy atom. The molecule has 0 spiro atoms. The highest BCUT2D eigenvalue weighted by Crippen LogP contribution is 2.29. The standard InChI is InChI=1S/C12H12ClNO2/c1-8-5-9-3-2-4-11(13)12(9)14(8)10(6-15)7-16/h2-6,10,16H,7H2,1H3. The van der Waals surface area contributed by atoms with Gasteiger partial charge in [-0.25, -0.2) is 0 Å². The fourth-order valence-electron chi connectivity index (χ4n) is 1.99. The molecule has 0 aliphatic heterocycles. The Bertz CT molecular complexity index is 533. The van der Waals surface area contributed by atoms with E-state index in [-0.39, 0.29) is 6.61 Å². The summed E-state index contributed by atoms with van der Waals surface area (Å²) in [6.45, 7) is 1.67. The van der Waals surface area contributed by atoms with Crippen LogP contribution in [0.1, 0.15) is 11.7 Å². The SMILES string of the molecule is Cc1cc2cccc(Cl)c2n1C(C=O)CO. The van der Waals surface area contributed by atoms with Crippen LogP contribution >= 0.6 is 11.6 Å². The monoisotopic (exact) mass is 237 g/mol. The number of hydrogen-bond donors (Lipinski definition) is 1. The summed E-state index contributed by atoms with van der Waals surface area (Å²) in [4.78, 5) is 10.9. The Morgan fingerprint density at radius 1 is 1.56 bits per heavy atom. The highest BCUT2D eigenvalue weighted by Gasteiger charge is 2.16. The topological polar surface area (TPSA) is 42.2 Å². The van der Waals surface area contributed by atoms with E-state index >= 15 is 0 Å². The molecule has 1 unspecified atom stereocenters. The van der Waals surface area contributed by atoms with Gasteiger partial charge in [0.25, 0.3) is 0 Å². The number of halogens is 1. The zero-order valence-electron chi connectivity index (χ0n) is 8.85. The maximum absolute atomic E-state index is 10.9. The second-order valence-corrected chi connectivity index (χ2v) is 4.13. The molecule has 1 heterocycles. The molecular weight excluding hydrogens is 226 g/mol. The molecule has 0 amide bonds. The maximum atomic E-state index is 10.9. The van der Waals surface area contributed by atoms with Gasteiger partial charge in [-0.15, -0.1) is 0 Å². The number of rotatable bonds is 3. The summed E-state index contributed by atoms with van der Waals surface area (Å²) >= 11 is 6.12. The molecular formula is C12H12ClNO2. The first kappa shape index (κ1) is 11.2. The van der Waals surface area contributed by atoms with Crippen LogP contribution in [-0.4, -0.2) is 22.6 Å². The van der Waals surface area contributed by atoms with E-state index in [1.165, 1.54) is 0 Å². The van der Waals surface area contributed by atoms with E-state index in [2.05, 4.69) is 0 Å². The van der Waals surface area contributed by atoms with Crippen LogP contribution in [0.4, 0.5) is 0 Å². The van der Waals surface area contributed by atoms with E-state index in [1.807, 2.05) is 25.1 Å². The van der Waals surface area contributed by atoms with Gasteiger partial charge in [0.05, 0.1) is 17.1 Å². The van der Waals surface area contributed by atoms with Crippen LogP contribution in [0.5, 0.6) is 0 Å². The molecule has 0 bridgehead atoms. The molecule has 0 saturated carbocycles. The molecule has 1 N–H and O–H groups in total. The number of benzene rings is 1. The highest BCUT2D eigenvalue weighted by molar-refractivity contribution is 6.35. The third-order valence-corrected chi connectivity index (χ3v) is 2.98. The van der Waals surface area contributed by atoms with E-state index in [9.17, 15) is 9.90 Å². The number of aliphatic hydroxyl groups is 1. The molecule has 2 aromatic rings. The normalized spacial score (nSPS) is 12.9. The van der Waals surface area contributed by atoms with Crippen molar-refractivity contribution in [2.75, 3.05) is 6.61 Å². The van der Waals surface area contributed by atoms with Crippen LogP contribution in [-0.2, 0) is 4.79 Å². The van der Waals surface area contributed by atoms with Crippen molar-refractivity contribution in [3.05, 3.63) is 35.0 Å². The molecule has 1 atom stereocenters. The molecule has 0 fully saturated rings. The van der Waals surface area contributed by atoms with Crippen LogP contribution in [0.15, 0.2) is 24.3 Å². The van der Waals surface area contributed by atoms with E-state index in [4.69, 9.17) is 11.6 Å². The number of fused-ring (bicyclic) bond motifs is 1. The minimum atomic E-state index is -0.572. The summed E-state index contributed by atoms with van der Waals surface area (Å²) in [7, 11) is 0. The van der Waals surface area contributed by atoms with Gasteiger partial charge in [0.2, 0.25) is 0 Å². The predicted octanol–water partition coefficient (Wildman–Crippen LogP) is 2.34. The number of aryl methyl sites for hydroxylation is 1. The lowest BCUT2D eigenvalue weighted by atomic mass is 10.2. The second kappa shape index (κ2) is 4.28. The van der Waals surface area contributed by atoms with Crippen molar-refractivity contribution >= 4 is 28.8 Å². The zero-order valence-corrected chi connectivity index (χ0v) is 9.61. The number of nitrogens with zero attached hydrogens (tertiary/aromatic N) is 1. The molecule has 0 saturated heterocycles. The molecule has 1 aromatic heterocycles. The zero-order chi connectivity index (χ0) is 11.7. The molecule has 4 heteroatoms. The smallest absolute Gasteiger partial charge is 0.145 e. The van der Waals surface area contributed by atoms with Crippen LogP contribution in [0.3, 0.4) is 0 Å². The van der Waals surface area contributed by atoms with Crippen molar-refractivity contribution in [1.29, 1.82) is 0 Å². The lowest BCUT2D eigenvalue weighted by Crippen LogP contribution is -2.15. The van der Waals surface area contributed by atoms with Gasteiger partial charge < -0.3 is 14.5 Å². The molecule has 84 valence electrons. The predicted molar refractivity (Wildman–Crippen MR) is 63.9 cm³/mol. The Morgan fingerprint density at radius 2 is 2.31 bits per heavy atom. The summed E-state index contributed by atoms with van der Waals surface area (Å²) in [6.07, 6.45) is 0.732. The van der Waals surface area contributed by atoms with E-state index in [0.29, 0.717) is 5.02 Å². The maximum Gasteiger partial charge on any atom is 0.145 e. The number of hydrogen-bond acceptors (Lipinski definition) is 2. The van der Waals surface area contributed by atoms with Gasteiger partial charge >= 0.3 is 0 Å². The minimum absolute atomic E-state index is 0.223. The summed E-state index contributed by atoms with van der Waals surface area (Å²) in [6, 6.07) is 6.96. The van der Waals surface area contributed by atoms with Gasteiger partial charge in [-0.05, 0) is 19.1 Å². The van der Waals surface area contributed by atoms with Crippen molar-refractivity contribution in [2.45, 2.75) is 13.0 Å². The molecule has 16 heavy (non-hydrogen) atoms. The molecule has 3 nitrogen and oxygen atoms in total. The Labute approximate surface area is 98.3 Å². The Balaban J connectivity index is 2.76. The summed E-state index contributed by atoms with van der Waals surface area (Å²) < 4.78 is 1.77. The van der Waals surface area contributed by atoms with Crippen LogP contribution in [0, 0.1) is 6.92 Å². The quantitative estimate of drug-likeness (QED) is 0.833. The lowest BCUT2D eigenvalue weighted by Gasteiger charge is -2.14. The van der Waals surface area contributed by atoms with Crippen molar-refractivity contribution in [3.63, 3.8) is 0 Å². The largest absolute Gasteiger partial charge is 0.394 e. The molecule has 0 radical (unpaired) electrons. The molecule has 0 aliphatic rings. The number of aliphatic hydroxyl groups excluding tert-OH is 1. The van der Waals surface area contributed by atoms with Gasteiger partial charge in [-0.2, -0.15) is 0 Å². The van der Waals surface area contributed by atoms with Gasteiger partial charge in [-0.1, -0.05) is 23.7 Å². The minimum Gasteiger partial charge on any atom is -0.394 e. The number of para-hydroxylation sites is 1. The number of aldehydes is 1. The third kappa shape index (κ3) is 1.62. The molecule has 2 rings (SSSR count). The third-order valence-electron chi connectivity index (χ3n) is 2.68. The Hall–Kier alpha value is -1.32. The summed E-state index contributed by atoms with van der Waals surface area (Å²) in [5.74, 6) is 0. The van der Waals surface area contributed by atoms with E-state index < -0.39 is 6.04 Å². The second-order valence-electron chi connectivity index (χ2n) is 3.72. The first-order chi connectivity index (χ1) is 7.69. The molecule has 0 aliphatic carbocycles. The van der Waals surface area contributed by atoms with Crippen LogP contribution in [0.2, 0.25) is 5.02 Å². The van der Waals surface area contributed by atoms with Gasteiger partial charge in [0.15, 0.2) is 0 Å². The van der Waals surface area contributed by atoms with Crippen LogP contribution in [0.25, 0.3) is 10.9 Å². The fraction of sp³-hybridized carbons (Fsp3) is 0.250. The van der Waals surface area contributed by atoms with Gasteiger partial charge in [-0.3, -0.25) is 0 Å². The van der Waals surface area contributed by atoms with Crippen molar-refractivity contribution in [1.82, 2.24) is 4.57 Å². The number of carbonyl (C=O) groups excluding carboxylic acids is 1. The van der Waals surface area contributed by atoms with Crippen LogP contribution < -0.4 is 0 Å². The first-order valence-electron chi connectivity index (χ1n) is 5.01. The van der Waals surface area contributed by atoms with Crippen molar-refractivity contribution < 1.29 is 9.90 Å². The highest BCUT2D eigenvalue weighted by atomic mass is 35.5. The molecule has 1 aromatic carbocycles. The number of aromatic nitrogens is 1. The fourth-order valence-corrected chi connectivity index (χ4v) is 2.26. The average Bonchev–Trinajstić information content (AvgIpc) is 2.59.